The number of halogens is 2. The Morgan fingerprint density at radius 2 is 1.77 bits per heavy atom. The predicted octanol–water partition coefficient (Wildman–Crippen LogP) is 3.88. The van der Waals surface area contributed by atoms with Crippen LogP contribution in [0.25, 0.3) is 0 Å². The van der Waals surface area contributed by atoms with Gasteiger partial charge < -0.3 is 31.7 Å². The van der Waals surface area contributed by atoms with Crippen molar-refractivity contribution in [2.75, 3.05) is 32.8 Å². The Bertz CT molecular complexity index is 1330. The fourth-order valence-electron chi connectivity index (χ4n) is 5.15. The second kappa shape index (κ2) is 16.5. The number of hydrogen-bond donors (Lipinski definition) is 4. The molecule has 3 aromatic rings. The summed E-state index contributed by atoms with van der Waals surface area (Å²) < 4.78 is 6.60. The van der Waals surface area contributed by atoms with Gasteiger partial charge >= 0.3 is 0 Å². The second-order valence-electron chi connectivity index (χ2n) is 10.5. The summed E-state index contributed by atoms with van der Waals surface area (Å²) in [5.74, 6) is 0.284. The Labute approximate surface area is 271 Å². The Morgan fingerprint density at radius 1 is 1.09 bits per heavy atom. The molecule has 3 aromatic carbocycles. The van der Waals surface area contributed by atoms with Gasteiger partial charge in [0.15, 0.2) is 12.6 Å². The number of ether oxygens (including phenoxy) is 1. The molecule has 11 heteroatoms. The summed E-state index contributed by atoms with van der Waals surface area (Å²) in [7, 11) is 0. The minimum Gasteiger partial charge on any atom is -0.482 e. The van der Waals surface area contributed by atoms with Gasteiger partial charge in [-0.3, -0.25) is 14.6 Å². The van der Waals surface area contributed by atoms with Gasteiger partial charge in [-0.05, 0) is 71.2 Å². The van der Waals surface area contributed by atoms with Crippen molar-refractivity contribution >= 4 is 52.0 Å². The number of nitrogens with zero attached hydrogens (tertiary/aromatic N) is 2. The number of carbonyl (C=O) groups is 2. The molecule has 1 fully saturated rings. The molecule has 0 saturated carbocycles. The molecule has 43 heavy (non-hydrogen) atoms. The maximum Gasteiger partial charge on any atom is 0.257 e. The fourth-order valence-corrected chi connectivity index (χ4v) is 6.06. The molecular formula is C32H38ClIN6O3. The third-order valence-corrected chi connectivity index (χ3v) is 8.31. The molecule has 1 aliphatic rings. The fraction of sp³-hybridized carbons (Fsp3) is 0.344. The zero-order chi connectivity index (χ0) is 30.6. The summed E-state index contributed by atoms with van der Waals surface area (Å²) in [4.78, 5) is 32.6. The summed E-state index contributed by atoms with van der Waals surface area (Å²) in [6.45, 7) is 1.74. The Hall–Kier alpha value is -3.35. The van der Waals surface area contributed by atoms with Gasteiger partial charge in [-0.1, -0.05) is 72.3 Å². The number of nitrogens with one attached hydrogen (secondary N) is 2. The molecule has 1 aliphatic heterocycles. The van der Waals surface area contributed by atoms with Crippen LogP contribution >= 0.6 is 34.2 Å². The first kappa shape index (κ1) is 32.6. The molecule has 2 amide bonds. The highest BCUT2D eigenvalue weighted by Gasteiger charge is 2.32. The van der Waals surface area contributed by atoms with E-state index in [2.05, 4.69) is 62.5 Å². The lowest BCUT2D eigenvalue weighted by atomic mass is 9.90. The first-order chi connectivity index (χ1) is 20.8. The zero-order valence-electron chi connectivity index (χ0n) is 23.9. The van der Waals surface area contributed by atoms with E-state index in [4.69, 9.17) is 27.8 Å². The van der Waals surface area contributed by atoms with Gasteiger partial charge in [0, 0.05) is 41.7 Å². The van der Waals surface area contributed by atoms with E-state index in [1.165, 1.54) is 0 Å². The van der Waals surface area contributed by atoms with Crippen LogP contribution in [0.2, 0.25) is 5.02 Å². The molecule has 0 bridgehead atoms. The third kappa shape index (κ3) is 10.1. The van der Waals surface area contributed by atoms with Gasteiger partial charge in [-0.2, -0.15) is 0 Å². The summed E-state index contributed by atoms with van der Waals surface area (Å²) in [5.41, 5.74) is 13.3. The minimum absolute atomic E-state index is 0.0233. The third-order valence-electron chi connectivity index (χ3n) is 7.34. The minimum atomic E-state index is -0.437. The van der Waals surface area contributed by atoms with E-state index in [1.807, 2.05) is 47.4 Å². The van der Waals surface area contributed by atoms with Crippen molar-refractivity contribution in [3.05, 3.63) is 98.6 Å². The van der Waals surface area contributed by atoms with Crippen molar-refractivity contribution in [2.24, 2.45) is 16.5 Å². The van der Waals surface area contributed by atoms with Crippen LogP contribution in [0.5, 0.6) is 5.75 Å². The quantitative estimate of drug-likeness (QED) is 0.0919. The lowest BCUT2D eigenvalue weighted by Crippen LogP contribution is -2.49. The SMILES string of the molecule is NC(N)=NCCC[C@@H]1N[C@H](CNC(=O)COc2ccc(I)cc2Cl)CCN(CC(c2ccccc2)c2ccccc2)C1=O. The number of benzene rings is 3. The molecule has 0 unspecified atom stereocenters. The maximum atomic E-state index is 13.9. The van der Waals surface area contributed by atoms with Gasteiger partial charge in [0.05, 0.1) is 11.1 Å². The molecule has 6 N–H and O–H groups in total. The van der Waals surface area contributed by atoms with E-state index in [0.717, 1.165) is 14.7 Å². The molecule has 228 valence electrons. The average Bonchev–Trinajstić information content (AvgIpc) is 3.15. The number of guanidine groups is 1. The summed E-state index contributed by atoms with van der Waals surface area (Å²) in [6, 6.07) is 25.4. The van der Waals surface area contributed by atoms with Crippen LogP contribution in [-0.4, -0.2) is 67.5 Å². The van der Waals surface area contributed by atoms with Crippen LogP contribution in [0.3, 0.4) is 0 Å². The number of aliphatic imine (C=N–C) groups is 1. The van der Waals surface area contributed by atoms with Crippen LogP contribution in [0.15, 0.2) is 83.9 Å². The molecule has 0 spiro atoms. The Kier molecular flexibility index (Phi) is 12.5. The van der Waals surface area contributed by atoms with Crippen LogP contribution in [0.1, 0.15) is 36.3 Å². The van der Waals surface area contributed by atoms with E-state index in [0.29, 0.717) is 56.2 Å². The van der Waals surface area contributed by atoms with E-state index in [1.54, 1.807) is 12.1 Å². The van der Waals surface area contributed by atoms with Crippen molar-refractivity contribution in [1.29, 1.82) is 0 Å². The molecule has 0 aliphatic carbocycles. The summed E-state index contributed by atoms with van der Waals surface area (Å²) >= 11 is 8.39. The molecule has 1 saturated heterocycles. The van der Waals surface area contributed by atoms with E-state index in [9.17, 15) is 9.59 Å². The lowest BCUT2D eigenvalue weighted by Gasteiger charge is -2.29. The van der Waals surface area contributed by atoms with E-state index >= 15 is 0 Å². The largest absolute Gasteiger partial charge is 0.482 e. The van der Waals surface area contributed by atoms with Crippen molar-refractivity contribution < 1.29 is 14.3 Å². The number of carbonyl (C=O) groups excluding carboxylic acids is 2. The standard InChI is InChI=1S/C32H38ClIN6O3/c33-27-18-24(34)13-14-29(27)43-21-30(41)38-19-25-15-17-40(31(42)28(39-25)12-7-16-37-32(35)36)20-26(22-8-3-1-4-9-22)23-10-5-2-6-11-23/h1-6,8-11,13-14,18,25-26,28,39H,7,12,15-17,19-21H2,(H,38,41)(H4,35,36,37)/t25-,28-/m0/s1. The molecule has 9 nitrogen and oxygen atoms in total. The van der Waals surface area contributed by atoms with Crippen LogP contribution in [0, 0.1) is 3.57 Å². The van der Waals surface area contributed by atoms with Crippen LogP contribution in [0.4, 0.5) is 0 Å². The Balaban J connectivity index is 1.43. The van der Waals surface area contributed by atoms with Crippen molar-refractivity contribution in [3.63, 3.8) is 0 Å². The smallest absolute Gasteiger partial charge is 0.257 e. The number of hydrogen-bond acceptors (Lipinski definition) is 5. The van der Waals surface area contributed by atoms with Gasteiger partial charge in [0.2, 0.25) is 5.91 Å². The number of nitrogens with two attached hydrogens (primary N) is 2. The summed E-state index contributed by atoms with van der Waals surface area (Å²) in [6.07, 6.45) is 1.88. The molecule has 4 rings (SSSR count). The highest BCUT2D eigenvalue weighted by molar-refractivity contribution is 14.1. The van der Waals surface area contributed by atoms with Crippen LogP contribution < -0.4 is 26.8 Å². The second-order valence-corrected chi connectivity index (χ2v) is 12.1. The van der Waals surface area contributed by atoms with Gasteiger partial charge in [-0.25, -0.2) is 0 Å². The number of rotatable bonds is 13. The molecule has 1 heterocycles. The molecule has 0 aromatic heterocycles. The highest BCUT2D eigenvalue weighted by atomic mass is 127. The van der Waals surface area contributed by atoms with Gasteiger partial charge in [-0.15, -0.1) is 0 Å². The van der Waals surface area contributed by atoms with E-state index in [-0.39, 0.29) is 36.3 Å². The maximum absolute atomic E-state index is 13.9. The van der Waals surface area contributed by atoms with Crippen molar-refractivity contribution in [3.8, 4) is 5.75 Å². The monoisotopic (exact) mass is 716 g/mol. The topological polar surface area (TPSA) is 135 Å². The average molecular weight is 717 g/mol. The Morgan fingerprint density at radius 3 is 2.40 bits per heavy atom. The molecular weight excluding hydrogens is 679 g/mol. The number of amides is 2. The lowest BCUT2D eigenvalue weighted by molar-refractivity contribution is -0.133. The summed E-state index contributed by atoms with van der Waals surface area (Å²) in [5, 5.41) is 6.91. The normalized spacial score (nSPS) is 16.9. The van der Waals surface area contributed by atoms with Crippen molar-refractivity contribution in [1.82, 2.24) is 15.5 Å². The van der Waals surface area contributed by atoms with Crippen LogP contribution in [-0.2, 0) is 9.59 Å². The first-order valence-corrected chi connectivity index (χ1v) is 15.8. The zero-order valence-corrected chi connectivity index (χ0v) is 26.8. The highest BCUT2D eigenvalue weighted by Crippen LogP contribution is 2.28. The first-order valence-electron chi connectivity index (χ1n) is 14.3. The van der Waals surface area contributed by atoms with Gasteiger partial charge in [0.1, 0.15) is 5.75 Å². The van der Waals surface area contributed by atoms with E-state index < -0.39 is 6.04 Å². The van der Waals surface area contributed by atoms with Gasteiger partial charge in [0.25, 0.3) is 5.91 Å². The molecule has 0 radical (unpaired) electrons. The van der Waals surface area contributed by atoms with Crippen molar-refractivity contribution in [2.45, 2.75) is 37.3 Å². The molecule has 2 atom stereocenters. The predicted molar refractivity (Wildman–Crippen MR) is 179 cm³/mol.